The van der Waals surface area contributed by atoms with Crippen LogP contribution in [0.1, 0.15) is 12.0 Å². The molecule has 0 radical (unpaired) electrons. The highest BCUT2D eigenvalue weighted by atomic mass is 16.5. The Labute approximate surface area is 140 Å². The molecule has 5 nitrogen and oxygen atoms in total. The van der Waals surface area contributed by atoms with Crippen molar-refractivity contribution in [2.75, 3.05) is 12.4 Å². The Morgan fingerprint density at radius 2 is 2.04 bits per heavy atom. The highest BCUT2D eigenvalue weighted by Gasteiger charge is 2.07. The summed E-state index contributed by atoms with van der Waals surface area (Å²) in [5.74, 6) is 0.786. The summed E-state index contributed by atoms with van der Waals surface area (Å²) < 4.78 is 5.31. The SMILES string of the molecule is COc1ccccc1CCC(=O)Nc1cccc(-c2ccn[nH]2)c1. The van der Waals surface area contributed by atoms with Gasteiger partial charge < -0.3 is 10.1 Å². The van der Waals surface area contributed by atoms with Gasteiger partial charge in [0, 0.05) is 23.9 Å². The Morgan fingerprint density at radius 3 is 2.83 bits per heavy atom. The first kappa shape index (κ1) is 15.8. The molecule has 2 aromatic carbocycles. The van der Waals surface area contributed by atoms with Crippen LogP contribution in [0.15, 0.2) is 60.8 Å². The van der Waals surface area contributed by atoms with Gasteiger partial charge in [0.15, 0.2) is 0 Å². The van der Waals surface area contributed by atoms with Crippen molar-refractivity contribution in [1.29, 1.82) is 0 Å². The molecule has 0 saturated carbocycles. The Kier molecular flexibility index (Phi) is 4.91. The predicted octanol–water partition coefficient (Wildman–Crippen LogP) is 3.66. The number of carbonyl (C=O) groups is 1. The summed E-state index contributed by atoms with van der Waals surface area (Å²) in [5.41, 5.74) is 3.70. The molecular formula is C19H19N3O2. The number of hydrogen-bond acceptors (Lipinski definition) is 3. The van der Waals surface area contributed by atoms with Gasteiger partial charge in [0.1, 0.15) is 5.75 Å². The fourth-order valence-electron chi connectivity index (χ4n) is 2.56. The van der Waals surface area contributed by atoms with Gasteiger partial charge in [0.25, 0.3) is 0 Å². The van der Waals surface area contributed by atoms with Gasteiger partial charge >= 0.3 is 0 Å². The van der Waals surface area contributed by atoms with Gasteiger partial charge in [-0.3, -0.25) is 9.89 Å². The van der Waals surface area contributed by atoms with Gasteiger partial charge in [-0.1, -0.05) is 30.3 Å². The number of methoxy groups -OCH3 is 1. The van der Waals surface area contributed by atoms with E-state index >= 15 is 0 Å². The lowest BCUT2D eigenvalue weighted by molar-refractivity contribution is -0.116. The molecule has 0 unspecified atom stereocenters. The molecule has 1 heterocycles. The third-order valence-corrected chi connectivity index (χ3v) is 3.77. The standard InChI is InChI=1S/C19H19N3O2/c1-24-18-8-3-2-5-14(18)9-10-19(23)21-16-7-4-6-15(13-16)17-11-12-20-22-17/h2-8,11-13H,9-10H2,1H3,(H,20,22)(H,21,23). The van der Waals surface area contributed by atoms with Crippen LogP contribution in [-0.4, -0.2) is 23.2 Å². The van der Waals surface area contributed by atoms with E-state index in [2.05, 4.69) is 15.5 Å². The molecule has 5 heteroatoms. The number of nitrogens with one attached hydrogen (secondary N) is 2. The third-order valence-electron chi connectivity index (χ3n) is 3.77. The van der Waals surface area contributed by atoms with Crippen molar-refractivity contribution >= 4 is 11.6 Å². The molecule has 0 aliphatic rings. The van der Waals surface area contributed by atoms with E-state index in [1.165, 1.54) is 0 Å². The van der Waals surface area contributed by atoms with Gasteiger partial charge in [0.2, 0.25) is 5.91 Å². The normalized spacial score (nSPS) is 10.4. The van der Waals surface area contributed by atoms with Crippen LogP contribution in [-0.2, 0) is 11.2 Å². The highest BCUT2D eigenvalue weighted by molar-refractivity contribution is 5.91. The number of benzene rings is 2. The van der Waals surface area contributed by atoms with Crippen LogP contribution < -0.4 is 10.1 Å². The number of aromatic amines is 1. The third kappa shape index (κ3) is 3.81. The summed E-state index contributed by atoms with van der Waals surface area (Å²) in [6.07, 6.45) is 2.73. The number of carbonyl (C=O) groups excluding carboxylic acids is 1. The van der Waals surface area contributed by atoms with E-state index < -0.39 is 0 Å². The van der Waals surface area contributed by atoms with E-state index in [1.54, 1.807) is 13.3 Å². The lowest BCUT2D eigenvalue weighted by Crippen LogP contribution is -2.12. The van der Waals surface area contributed by atoms with Crippen LogP contribution in [0.4, 0.5) is 5.69 Å². The molecule has 0 atom stereocenters. The number of H-pyrrole nitrogens is 1. The predicted molar refractivity (Wildman–Crippen MR) is 94.0 cm³/mol. The first-order valence-electron chi connectivity index (χ1n) is 7.78. The summed E-state index contributed by atoms with van der Waals surface area (Å²) in [4.78, 5) is 12.2. The van der Waals surface area contributed by atoms with Gasteiger partial charge in [-0.2, -0.15) is 5.10 Å². The molecule has 0 saturated heterocycles. The maximum Gasteiger partial charge on any atom is 0.224 e. The van der Waals surface area contributed by atoms with Crippen LogP contribution in [0.3, 0.4) is 0 Å². The Bertz CT molecular complexity index is 813. The molecule has 0 aliphatic heterocycles. The van der Waals surface area contributed by atoms with Crippen molar-refractivity contribution in [2.24, 2.45) is 0 Å². The maximum absolute atomic E-state index is 12.2. The average Bonchev–Trinajstić information content (AvgIpc) is 3.15. The maximum atomic E-state index is 12.2. The Hall–Kier alpha value is -3.08. The lowest BCUT2D eigenvalue weighted by Gasteiger charge is -2.09. The Morgan fingerprint density at radius 1 is 1.17 bits per heavy atom. The van der Waals surface area contributed by atoms with Gasteiger partial charge in [-0.15, -0.1) is 0 Å². The van der Waals surface area contributed by atoms with E-state index in [0.717, 1.165) is 28.3 Å². The smallest absolute Gasteiger partial charge is 0.224 e. The fourth-order valence-corrected chi connectivity index (χ4v) is 2.56. The van der Waals surface area contributed by atoms with Crippen molar-refractivity contribution in [3.05, 3.63) is 66.4 Å². The number of rotatable bonds is 6. The van der Waals surface area contributed by atoms with E-state index in [-0.39, 0.29) is 5.91 Å². The van der Waals surface area contributed by atoms with Crippen LogP contribution in [0.25, 0.3) is 11.3 Å². The van der Waals surface area contributed by atoms with E-state index in [9.17, 15) is 4.79 Å². The zero-order valence-electron chi connectivity index (χ0n) is 13.5. The van der Waals surface area contributed by atoms with Crippen molar-refractivity contribution in [1.82, 2.24) is 10.2 Å². The molecule has 3 rings (SSSR count). The second-order valence-corrected chi connectivity index (χ2v) is 5.41. The monoisotopic (exact) mass is 321 g/mol. The molecule has 1 amide bonds. The number of aryl methyl sites for hydroxylation is 1. The number of anilines is 1. The molecule has 3 aromatic rings. The number of nitrogens with zero attached hydrogens (tertiary/aromatic N) is 1. The molecule has 2 N–H and O–H groups in total. The van der Waals surface area contributed by atoms with Gasteiger partial charge in [-0.25, -0.2) is 0 Å². The number of aromatic nitrogens is 2. The molecular weight excluding hydrogens is 302 g/mol. The zero-order chi connectivity index (χ0) is 16.8. The topological polar surface area (TPSA) is 67.0 Å². The largest absolute Gasteiger partial charge is 0.496 e. The minimum Gasteiger partial charge on any atom is -0.496 e. The van der Waals surface area contributed by atoms with E-state index in [0.29, 0.717) is 12.8 Å². The first-order chi connectivity index (χ1) is 11.8. The Balaban J connectivity index is 1.62. The molecule has 0 aliphatic carbocycles. The van der Waals surface area contributed by atoms with Crippen LogP contribution in [0.5, 0.6) is 5.75 Å². The summed E-state index contributed by atoms with van der Waals surface area (Å²) in [6, 6.07) is 17.3. The quantitative estimate of drug-likeness (QED) is 0.728. The molecule has 24 heavy (non-hydrogen) atoms. The number of amides is 1. The summed E-state index contributed by atoms with van der Waals surface area (Å²) in [7, 11) is 1.64. The second kappa shape index (κ2) is 7.46. The van der Waals surface area contributed by atoms with E-state index in [4.69, 9.17) is 4.74 Å². The number of hydrogen-bond donors (Lipinski definition) is 2. The number of para-hydroxylation sites is 1. The highest BCUT2D eigenvalue weighted by Crippen LogP contribution is 2.21. The van der Waals surface area contributed by atoms with Crippen molar-refractivity contribution in [2.45, 2.75) is 12.8 Å². The van der Waals surface area contributed by atoms with Gasteiger partial charge in [-0.05, 0) is 36.2 Å². The van der Waals surface area contributed by atoms with Crippen LogP contribution in [0.2, 0.25) is 0 Å². The summed E-state index contributed by atoms with van der Waals surface area (Å²) in [6.45, 7) is 0. The van der Waals surface area contributed by atoms with Crippen molar-refractivity contribution in [3.63, 3.8) is 0 Å². The average molecular weight is 321 g/mol. The molecule has 0 bridgehead atoms. The first-order valence-corrected chi connectivity index (χ1v) is 7.78. The summed E-state index contributed by atoms with van der Waals surface area (Å²) >= 11 is 0. The van der Waals surface area contributed by atoms with Crippen LogP contribution in [0, 0.1) is 0 Å². The fraction of sp³-hybridized carbons (Fsp3) is 0.158. The van der Waals surface area contributed by atoms with E-state index in [1.807, 2.05) is 54.6 Å². The zero-order valence-corrected chi connectivity index (χ0v) is 13.5. The minimum atomic E-state index is -0.0253. The van der Waals surface area contributed by atoms with Crippen molar-refractivity contribution < 1.29 is 9.53 Å². The minimum absolute atomic E-state index is 0.0253. The van der Waals surface area contributed by atoms with Crippen LogP contribution >= 0.6 is 0 Å². The molecule has 122 valence electrons. The summed E-state index contributed by atoms with van der Waals surface area (Å²) in [5, 5.41) is 9.80. The molecule has 0 fully saturated rings. The molecule has 1 aromatic heterocycles. The second-order valence-electron chi connectivity index (χ2n) is 5.41. The lowest BCUT2D eigenvalue weighted by atomic mass is 10.1. The van der Waals surface area contributed by atoms with Gasteiger partial charge in [0.05, 0.1) is 12.8 Å². The van der Waals surface area contributed by atoms with Crippen molar-refractivity contribution in [3.8, 4) is 17.0 Å². The number of ether oxygens (including phenoxy) is 1. The molecule has 0 spiro atoms.